The summed E-state index contributed by atoms with van der Waals surface area (Å²) in [6.45, 7) is 3.04. The maximum atomic E-state index is 12.0. The Hall–Kier alpha value is -2.61. The fourth-order valence-corrected chi connectivity index (χ4v) is 4.66. The van der Waals surface area contributed by atoms with Gasteiger partial charge in [0.1, 0.15) is 18.1 Å². The molecule has 30 heavy (non-hydrogen) atoms. The van der Waals surface area contributed by atoms with E-state index in [2.05, 4.69) is 0 Å². The molecule has 1 atom stereocenters. The Labute approximate surface area is 180 Å². The molecule has 7 nitrogen and oxygen atoms in total. The second kappa shape index (κ2) is 9.93. The van der Waals surface area contributed by atoms with Crippen LogP contribution in [0.5, 0.6) is 5.75 Å². The minimum absolute atomic E-state index is 0.0121. The minimum Gasteiger partial charge on any atom is -0.507 e. The minimum atomic E-state index is -0.511. The first kappa shape index (κ1) is 22.1. The quantitative estimate of drug-likeness (QED) is 0.658. The number of carbonyl (C=O) groups is 2. The summed E-state index contributed by atoms with van der Waals surface area (Å²) in [5, 5.41) is 10.5. The number of amides is 1. The van der Waals surface area contributed by atoms with Gasteiger partial charge in [0.25, 0.3) is 0 Å². The Kier molecular flexibility index (Phi) is 7.31. The molecule has 2 aliphatic heterocycles. The number of nitrogens with zero attached hydrogens (tertiary/aromatic N) is 1. The number of aliphatic hydroxyl groups is 1. The number of carbonyl (C=O) groups excluding carboxylic acids is 2. The van der Waals surface area contributed by atoms with E-state index in [-0.39, 0.29) is 23.5 Å². The van der Waals surface area contributed by atoms with Gasteiger partial charge < -0.3 is 24.2 Å². The van der Waals surface area contributed by atoms with Gasteiger partial charge in [0, 0.05) is 23.6 Å². The predicted octanol–water partition coefficient (Wildman–Crippen LogP) is 3.58. The van der Waals surface area contributed by atoms with Crippen molar-refractivity contribution in [1.82, 2.24) is 4.90 Å². The number of methoxy groups -OCH3 is 2. The highest BCUT2D eigenvalue weighted by molar-refractivity contribution is 7.99. The maximum Gasteiger partial charge on any atom is 0.410 e. The van der Waals surface area contributed by atoms with Crippen molar-refractivity contribution in [3.8, 4) is 5.75 Å². The largest absolute Gasteiger partial charge is 0.507 e. The lowest BCUT2D eigenvalue weighted by Crippen LogP contribution is -2.35. The summed E-state index contributed by atoms with van der Waals surface area (Å²) in [6, 6.07) is 5.73. The number of rotatable bonds is 7. The van der Waals surface area contributed by atoms with E-state index in [1.54, 1.807) is 23.8 Å². The second-order valence-corrected chi connectivity index (χ2v) is 8.17. The number of hydrogen-bond donors (Lipinski definition) is 1. The van der Waals surface area contributed by atoms with Crippen molar-refractivity contribution in [3.05, 3.63) is 46.2 Å². The van der Waals surface area contributed by atoms with Crippen molar-refractivity contribution in [2.24, 2.45) is 0 Å². The van der Waals surface area contributed by atoms with Gasteiger partial charge in [-0.2, -0.15) is 11.8 Å². The summed E-state index contributed by atoms with van der Waals surface area (Å²) in [7, 11) is 2.92. The van der Waals surface area contributed by atoms with Gasteiger partial charge >= 0.3 is 12.1 Å². The van der Waals surface area contributed by atoms with Gasteiger partial charge in [0.05, 0.1) is 25.8 Å². The lowest BCUT2D eigenvalue weighted by molar-refractivity contribution is -0.136. The van der Waals surface area contributed by atoms with E-state index in [0.29, 0.717) is 36.7 Å². The molecule has 1 aromatic rings. The smallest absolute Gasteiger partial charge is 0.410 e. The van der Waals surface area contributed by atoms with Crippen LogP contribution in [0, 0.1) is 0 Å². The molecule has 2 heterocycles. The third-order valence-electron chi connectivity index (χ3n) is 5.17. The van der Waals surface area contributed by atoms with Crippen LogP contribution < -0.4 is 4.74 Å². The van der Waals surface area contributed by atoms with Gasteiger partial charge in [-0.25, -0.2) is 9.59 Å². The van der Waals surface area contributed by atoms with E-state index in [4.69, 9.17) is 14.2 Å². The second-order valence-electron chi connectivity index (χ2n) is 7.18. The molecular formula is C22H27NO6S. The van der Waals surface area contributed by atoms with Crippen LogP contribution in [-0.2, 0) is 20.7 Å². The van der Waals surface area contributed by atoms with Crippen LogP contribution >= 0.6 is 11.8 Å². The summed E-state index contributed by atoms with van der Waals surface area (Å²) < 4.78 is 15.5. The van der Waals surface area contributed by atoms with Gasteiger partial charge in [0.2, 0.25) is 0 Å². The van der Waals surface area contributed by atoms with Crippen molar-refractivity contribution in [2.75, 3.05) is 38.9 Å². The molecule has 0 spiro atoms. The Morgan fingerprint density at radius 2 is 2.17 bits per heavy atom. The molecule has 0 aliphatic carbocycles. The molecule has 3 rings (SSSR count). The fourth-order valence-electron chi connectivity index (χ4n) is 3.66. The zero-order valence-electron chi connectivity index (χ0n) is 17.5. The van der Waals surface area contributed by atoms with Crippen LogP contribution in [-0.4, -0.2) is 67.0 Å². The monoisotopic (exact) mass is 433 g/mol. The SMILES string of the molecule is CCCN1C(=O)OC[C@@H]1Cc1cc(/C=C2\CSCC(C(=O)OC)=C2O)ccc1OC. The molecule has 1 amide bonds. The van der Waals surface area contributed by atoms with E-state index >= 15 is 0 Å². The number of esters is 1. The predicted molar refractivity (Wildman–Crippen MR) is 116 cm³/mol. The Morgan fingerprint density at radius 1 is 1.37 bits per heavy atom. The number of cyclic esters (lactones) is 1. The molecule has 1 fully saturated rings. The third-order valence-corrected chi connectivity index (χ3v) is 6.17. The molecule has 1 N–H and O–H groups in total. The standard InChI is InChI=1S/C22H27NO6S/c1-4-7-23-17(11-29-22(23)26)10-15-8-14(5-6-19(15)27-2)9-16-12-30-13-18(20(16)24)21(25)28-3/h5-6,8-9,17,24H,4,7,10-13H2,1-3H3/b16-9+/t17-/m0/s1. The van der Waals surface area contributed by atoms with Crippen LogP contribution in [0.3, 0.4) is 0 Å². The number of hydrogen-bond acceptors (Lipinski definition) is 7. The van der Waals surface area contributed by atoms with E-state index in [0.717, 1.165) is 23.3 Å². The van der Waals surface area contributed by atoms with Crippen molar-refractivity contribution in [1.29, 1.82) is 0 Å². The molecule has 1 saturated heterocycles. The van der Waals surface area contributed by atoms with Crippen molar-refractivity contribution >= 4 is 29.9 Å². The number of thioether (sulfide) groups is 1. The van der Waals surface area contributed by atoms with Gasteiger partial charge in [0.15, 0.2) is 0 Å². The summed E-state index contributed by atoms with van der Waals surface area (Å²) in [5.74, 6) is 1.24. The molecule has 2 aliphatic rings. The van der Waals surface area contributed by atoms with Gasteiger partial charge in [-0.1, -0.05) is 13.0 Å². The van der Waals surface area contributed by atoms with Gasteiger partial charge in [-0.15, -0.1) is 0 Å². The zero-order chi connectivity index (χ0) is 21.7. The average Bonchev–Trinajstić information content (AvgIpc) is 3.09. The van der Waals surface area contributed by atoms with Crippen LogP contribution in [0.15, 0.2) is 35.1 Å². The van der Waals surface area contributed by atoms with E-state index in [9.17, 15) is 14.7 Å². The normalized spacial score (nSPS) is 20.5. The van der Waals surface area contributed by atoms with Crippen LogP contribution in [0.25, 0.3) is 6.08 Å². The molecule has 0 radical (unpaired) electrons. The van der Waals surface area contributed by atoms with Crippen LogP contribution in [0.1, 0.15) is 24.5 Å². The van der Waals surface area contributed by atoms with E-state index in [1.165, 1.54) is 7.11 Å². The molecule has 0 bridgehead atoms. The Bertz CT molecular complexity index is 878. The van der Waals surface area contributed by atoms with Crippen LogP contribution in [0.2, 0.25) is 0 Å². The lowest BCUT2D eigenvalue weighted by Gasteiger charge is -2.22. The highest BCUT2D eigenvalue weighted by atomic mass is 32.2. The highest BCUT2D eigenvalue weighted by Crippen LogP contribution is 2.31. The number of benzene rings is 1. The summed E-state index contributed by atoms with van der Waals surface area (Å²) in [5.41, 5.74) is 2.79. The number of allylic oxidation sites excluding steroid dienone is 1. The van der Waals surface area contributed by atoms with Crippen molar-refractivity contribution < 1.29 is 28.9 Å². The van der Waals surface area contributed by atoms with Crippen LogP contribution in [0.4, 0.5) is 4.79 Å². The fraction of sp³-hybridized carbons (Fsp3) is 0.455. The molecule has 0 unspecified atom stereocenters. The molecule has 0 saturated carbocycles. The molecular weight excluding hydrogens is 406 g/mol. The summed E-state index contributed by atoms with van der Waals surface area (Å²) in [4.78, 5) is 25.6. The zero-order valence-corrected chi connectivity index (χ0v) is 18.3. The first-order valence-electron chi connectivity index (χ1n) is 9.87. The van der Waals surface area contributed by atoms with Gasteiger partial charge in [-0.05, 0) is 42.2 Å². The molecule has 0 aromatic heterocycles. The number of ether oxygens (including phenoxy) is 3. The van der Waals surface area contributed by atoms with Crippen molar-refractivity contribution in [2.45, 2.75) is 25.8 Å². The number of aliphatic hydroxyl groups excluding tert-OH is 1. The Balaban J connectivity index is 1.88. The molecule has 8 heteroatoms. The summed E-state index contributed by atoms with van der Waals surface area (Å²) >= 11 is 1.55. The van der Waals surface area contributed by atoms with E-state index < -0.39 is 5.97 Å². The van der Waals surface area contributed by atoms with E-state index in [1.807, 2.05) is 31.2 Å². The average molecular weight is 434 g/mol. The Morgan fingerprint density at radius 3 is 2.87 bits per heavy atom. The highest BCUT2D eigenvalue weighted by Gasteiger charge is 2.32. The maximum absolute atomic E-state index is 12.0. The first-order valence-corrected chi connectivity index (χ1v) is 11.0. The van der Waals surface area contributed by atoms with Crippen molar-refractivity contribution in [3.63, 3.8) is 0 Å². The third kappa shape index (κ3) is 4.75. The lowest BCUT2D eigenvalue weighted by atomic mass is 10.00. The summed E-state index contributed by atoms with van der Waals surface area (Å²) in [6.07, 6.45) is 3.06. The topological polar surface area (TPSA) is 85.3 Å². The van der Waals surface area contributed by atoms with Gasteiger partial charge in [-0.3, -0.25) is 0 Å². The molecule has 162 valence electrons. The first-order chi connectivity index (χ1) is 14.5. The molecule has 1 aromatic carbocycles.